The molecule has 9 heteroatoms. The molecule has 0 bridgehead atoms. The van der Waals surface area contributed by atoms with Crippen LogP contribution in [0.2, 0.25) is 0 Å². The number of oxime groups is 1. The molecule has 1 heterocycles. The molecule has 0 saturated carbocycles. The summed E-state index contributed by atoms with van der Waals surface area (Å²) in [6.45, 7) is 6.61. The van der Waals surface area contributed by atoms with Crippen molar-refractivity contribution in [2.75, 3.05) is 18.5 Å². The molecule has 3 rings (SSSR count). The van der Waals surface area contributed by atoms with Gasteiger partial charge in [0.1, 0.15) is 0 Å². The van der Waals surface area contributed by atoms with E-state index in [4.69, 9.17) is 10.6 Å². The number of rotatable bonds is 9. The van der Waals surface area contributed by atoms with Crippen LogP contribution in [0.4, 0.5) is 5.69 Å². The first-order valence-electron chi connectivity index (χ1n) is 10.6. The molecule has 0 fully saturated rings. The van der Waals surface area contributed by atoms with E-state index in [9.17, 15) is 9.59 Å². The minimum atomic E-state index is -0.419. The maximum Gasteiger partial charge on any atom is 0.265 e. The second kappa shape index (κ2) is 10.9. The molecular weight excluding hydrogens is 420 g/mol. The Morgan fingerprint density at radius 1 is 1.09 bits per heavy atom. The van der Waals surface area contributed by atoms with Crippen LogP contribution in [0.5, 0.6) is 0 Å². The SMILES string of the molecule is CCNC(=O)c1cccc(NC(=O)CO/N=C(/N)c2cccc(Cn3nc(C)cc3C)c2)c1. The average Bonchev–Trinajstić information content (AvgIpc) is 3.10. The molecule has 0 aliphatic carbocycles. The van der Waals surface area contributed by atoms with Crippen molar-refractivity contribution in [1.29, 1.82) is 0 Å². The van der Waals surface area contributed by atoms with Crippen molar-refractivity contribution < 1.29 is 14.4 Å². The van der Waals surface area contributed by atoms with Gasteiger partial charge < -0.3 is 21.2 Å². The molecule has 2 amide bonds. The maximum absolute atomic E-state index is 12.2. The van der Waals surface area contributed by atoms with Gasteiger partial charge >= 0.3 is 0 Å². The normalized spacial score (nSPS) is 11.2. The van der Waals surface area contributed by atoms with Crippen molar-refractivity contribution in [1.82, 2.24) is 15.1 Å². The Morgan fingerprint density at radius 2 is 1.85 bits per heavy atom. The minimum absolute atomic E-state index is 0.163. The first-order chi connectivity index (χ1) is 15.9. The third-order valence-electron chi connectivity index (χ3n) is 4.76. The zero-order chi connectivity index (χ0) is 23.8. The van der Waals surface area contributed by atoms with Crippen LogP contribution in [0.15, 0.2) is 59.8 Å². The Morgan fingerprint density at radius 3 is 2.58 bits per heavy atom. The average molecular weight is 449 g/mol. The highest BCUT2D eigenvalue weighted by atomic mass is 16.6. The number of nitrogens with two attached hydrogens (primary N) is 1. The third kappa shape index (κ3) is 6.67. The Hall–Kier alpha value is -4.14. The molecule has 2 aromatic carbocycles. The van der Waals surface area contributed by atoms with Crippen molar-refractivity contribution in [3.05, 3.63) is 82.7 Å². The number of aryl methyl sites for hydroxylation is 2. The molecule has 3 aromatic rings. The van der Waals surface area contributed by atoms with Crippen molar-refractivity contribution in [2.45, 2.75) is 27.3 Å². The molecule has 0 unspecified atom stereocenters. The summed E-state index contributed by atoms with van der Waals surface area (Å²) in [6.07, 6.45) is 0. The van der Waals surface area contributed by atoms with Gasteiger partial charge in [-0.1, -0.05) is 29.4 Å². The Bertz CT molecular complexity index is 1170. The van der Waals surface area contributed by atoms with E-state index < -0.39 is 5.91 Å². The minimum Gasteiger partial charge on any atom is -0.384 e. The number of nitrogens with one attached hydrogen (secondary N) is 2. The Balaban J connectivity index is 1.56. The largest absolute Gasteiger partial charge is 0.384 e. The zero-order valence-electron chi connectivity index (χ0n) is 19.0. The molecule has 172 valence electrons. The van der Waals surface area contributed by atoms with Gasteiger partial charge in [-0.05, 0) is 56.7 Å². The molecule has 0 spiro atoms. The van der Waals surface area contributed by atoms with Gasteiger partial charge in [-0.15, -0.1) is 0 Å². The number of aromatic nitrogens is 2. The Kier molecular flexibility index (Phi) is 7.80. The quantitative estimate of drug-likeness (QED) is 0.264. The van der Waals surface area contributed by atoms with Gasteiger partial charge in [0.05, 0.1) is 12.2 Å². The van der Waals surface area contributed by atoms with Gasteiger partial charge in [-0.25, -0.2) is 0 Å². The highest BCUT2D eigenvalue weighted by Gasteiger charge is 2.09. The van der Waals surface area contributed by atoms with E-state index in [0.717, 1.165) is 17.0 Å². The smallest absolute Gasteiger partial charge is 0.265 e. The van der Waals surface area contributed by atoms with E-state index in [0.29, 0.717) is 29.9 Å². The molecule has 9 nitrogen and oxygen atoms in total. The summed E-state index contributed by atoms with van der Waals surface area (Å²) >= 11 is 0. The van der Waals surface area contributed by atoms with Crippen molar-refractivity contribution in [3.63, 3.8) is 0 Å². The van der Waals surface area contributed by atoms with Gasteiger partial charge in [0.2, 0.25) is 0 Å². The number of hydrogen-bond acceptors (Lipinski definition) is 5. The van der Waals surface area contributed by atoms with Crippen LogP contribution >= 0.6 is 0 Å². The number of carbonyl (C=O) groups is 2. The lowest BCUT2D eigenvalue weighted by Crippen LogP contribution is -2.23. The van der Waals surface area contributed by atoms with Gasteiger partial charge in [0.15, 0.2) is 12.4 Å². The van der Waals surface area contributed by atoms with Gasteiger partial charge in [0.25, 0.3) is 11.8 Å². The van der Waals surface area contributed by atoms with Gasteiger partial charge in [0, 0.05) is 29.1 Å². The molecular formula is C24H28N6O3. The lowest BCUT2D eigenvalue weighted by Gasteiger charge is -2.08. The van der Waals surface area contributed by atoms with Crippen LogP contribution in [0, 0.1) is 13.8 Å². The summed E-state index contributed by atoms with van der Waals surface area (Å²) in [5, 5.41) is 13.7. The fraction of sp³-hybridized carbons (Fsp3) is 0.250. The van der Waals surface area contributed by atoms with E-state index in [1.165, 1.54) is 0 Å². The van der Waals surface area contributed by atoms with Crippen molar-refractivity contribution >= 4 is 23.3 Å². The van der Waals surface area contributed by atoms with Crippen LogP contribution < -0.4 is 16.4 Å². The van der Waals surface area contributed by atoms with Gasteiger partial charge in [-0.3, -0.25) is 14.3 Å². The fourth-order valence-electron chi connectivity index (χ4n) is 3.25. The van der Waals surface area contributed by atoms with E-state index in [2.05, 4.69) is 20.9 Å². The molecule has 0 atom stereocenters. The first kappa shape index (κ1) is 23.5. The molecule has 0 aliphatic heterocycles. The van der Waals surface area contributed by atoms with Crippen molar-refractivity contribution in [2.24, 2.45) is 10.9 Å². The van der Waals surface area contributed by atoms with Crippen LogP contribution in [0.3, 0.4) is 0 Å². The molecule has 1 aromatic heterocycles. The predicted octanol–water partition coefficient (Wildman–Crippen LogP) is 2.57. The van der Waals surface area contributed by atoms with Gasteiger partial charge in [-0.2, -0.15) is 5.10 Å². The standard InChI is InChI=1S/C24H28N6O3/c1-4-26-24(32)20-9-6-10-21(13-20)27-22(31)15-33-29-23(25)19-8-5-7-18(12-19)14-30-17(3)11-16(2)28-30/h5-13H,4,14-15H2,1-3H3,(H2,25,29)(H,26,32)(H,27,31). The Labute approximate surface area is 192 Å². The predicted molar refractivity (Wildman–Crippen MR) is 127 cm³/mol. The second-order valence-electron chi connectivity index (χ2n) is 7.52. The number of hydrogen-bond donors (Lipinski definition) is 3. The molecule has 0 aliphatic rings. The van der Waals surface area contributed by atoms with E-state index in [1.807, 2.05) is 55.8 Å². The summed E-state index contributed by atoms with van der Waals surface area (Å²) in [5.74, 6) is -0.462. The maximum atomic E-state index is 12.2. The highest BCUT2D eigenvalue weighted by Crippen LogP contribution is 2.12. The summed E-state index contributed by atoms with van der Waals surface area (Å²) in [7, 11) is 0. The van der Waals surface area contributed by atoms with E-state index in [1.54, 1.807) is 24.3 Å². The number of anilines is 1. The van der Waals surface area contributed by atoms with Crippen LogP contribution in [0.25, 0.3) is 0 Å². The lowest BCUT2D eigenvalue weighted by molar-refractivity contribution is -0.120. The lowest BCUT2D eigenvalue weighted by atomic mass is 10.1. The van der Waals surface area contributed by atoms with Crippen LogP contribution in [-0.2, 0) is 16.2 Å². The van der Waals surface area contributed by atoms with Crippen LogP contribution in [0.1, 0.15) is 39.8 Å². The number of nitrogens with zero attached hydrogens (tertiary/aromatic N) is 3. The fourth-order valence-corrected chi connectivity index (χ4v) is 3.25. The monoisotopic (exact) mass is 448 g/mol. The molecule has 4 N–H and O–H groups in total. The zero-order valence-corrected chi connectivity index (χ0v) is 19.0. The molecule has 0 radical (unpaired) electrons. The van der Waals surface area contributed by atoms with Crippen LogP contribution in [-0.4, -0.2) is 40.6 Å². The number of carbonyl (C=O) groups excluding carboxylic acids is 2. The van der Waals surface area contributed by atoms with Crippen molar-refractivity contribution in [3.8, 4) is 0 Å². The third-order valence-corrected chi connectivity index (χ3v) is 4.76. The van der Waals surface area contributed by atoms with E-state index in [-0.39, 0.29) is 18.3 Å². The molecule has 33 heavy (non-hydrogen) atoms. The highest BCUT2D eigenvalue weighted by molar-refractivity contribution is 5.98. The summed E-state index contributed by atoms with van der Waals surface area (Å²) < 4.78 is 1.92. The number of benzene rings is 2. The summed E-state index contributed by atoms with van der Waals surface area (Å²) in [5.41, 5.74) is 10.7. The summed E-state index contributed by atoms with van der Waals surface area (Å²) in [6, 6.07) is 16.3. The number of amides is 2. The van der Waals surface area contributed by atoms with E-state index >= 15 is 0 Å². The summed E-state index contributed by atoms with van der Waals surface area (Å²) in [4.78, 5) is 29.2. The topological polar surface area (TPSA) is 124 Å². The number of amidine groups is 1. The molecule has 0 saturated heterocycles. The first-order valence-corrected chi connectivity index (χ1v) is 10.6. The second-order valence-corrected chi connectivity index (χ2v) is 7.52.